The standard InChI is InChI=1S/C23H34N2O4/c1-23(2,3)29-22(27)24-13-11-17(12-14-24)15-21(26)25(19-7-8-19)16-18-5-9-20(28-4)10-6-18/h5-6,9-10,17,19H,7-8,11-16H2,1-4H3. The van der Waals surface area contributed by atoms with Gasteiger partial charge in [0.1, 0.15) is 11.4 Å². The zero-order valence-electron chi connectivity index (χ0n) is 18.1. The third kappa shape index (κ3) is 6.38. The molecule has 0 atom stereocenters. The van der Waals surface area contributed by atoms with Crippen LogP contribution in [0.25, 0.3) is 0 Å². The van der Waals surface area contributed by atoms with Gasteiger partial charge in [0.2, 0.25) is 5.91 Å². The van der Waals surface area contributed by atoms with E-state index in [9.17, 15) is 9.59 Å². The first kappa shape index (κ1) is 21.5. The molecule has 2 fully saturated rings. The predicted molar refractivity (Wildman–Crippen MR) is 112 cm³/mol. The van der Waals surface area contributed by atoms with Crippen LogP contribution in [0.4, 0.5) is 4.79 Å². The minimum atomic E-state index is -0.476. The Kier molecular flexibility index (Phi) is 6.70. The third-order valence-electron chi connectivity index (χ3n) is 5.55. The highest BCUT2D eigenvalue weighted by molar-refractivity contribution is 5.77. The number of methoxy groups -OCH3 is 1. The van der Waals surface area contributed by atoms with Crippen LogP contribution in [0.15, 0.2) is 24.3 Å². The van der Waals surface area contributed by atoms with Crippen LogP contribution in [0.5, 0.6) is 5.75 Å². The normalized spacial score (nSPS) is 17.7. The summed E-state index contributed by atoms with van der Waals surface area (Å²) in [5.74, 6) is 1.40. The Bertz CT molecular complexity index is 699. The fourth-order valence-electron chi connectivity index (χ4n) is 3.75. The second kappa shape index (κ2) is 9.06. The van der Waals surface area contributed by atoms with E-state index < -0.39 is 5.60 Å². The maximum atomic E-state index is 13.0. The number of hydrogen-bond acceptors (Lipinski definition) is 4. The summed E-state index contributed by atoms with van der Waals surface area (Å²) in [6.45, 7) is 7.62. The quantitative estimate of drug-likeness (QED) is 0.715. The highest BCUT2D eigenvalue weighted by atomic mass is 16.6. The van der Waals surface area contributed by atoms with Crippen LogP contribution in [0.2, 0.25) is 0 Å². The number of rotatable bonds is 6. The van der Waals surface area contributed by atoms with Crippen LogP contribution in [0.1, 0.15) is 58.4 Å². The number of hydrogen-bond donors (Lipinski definition) is 0. The Labute approximate surface area is 174 Å². The molecule has 1 aliphatic carbocycles. The minimum Gasteiger partial charge on any atom is -0.497 e. The van der Waals surface area contributed by atoms with E-state index in [1.54, 1.807) is 12.0 Å². The van der Waals surface area contributed by atoms with E-state index in [0.717, 1.165) is 37.0 Å². The zero-order chi connectivity index (χ0) is 21.0. The molecule has 0 unspecified atom stereocenters. The molecule has 1 saturated carbocycles. The van der Waals surface area contributed by atoms with Crippen LogP contribution in [-0.2, 0) is 16.1 Å². The van der Waals surface area contributed by atoms with Gasteiger partial charge in [-0.25, -0.2) is 4.79 Å². The fraction of sp³-hybridized carbons (Fsp3) is 0.652. The average Bonchev–Trinajstić information content (AvgIpc) is 3.50. The van der Waals surface area contributed by atoms with Crippen LogP contribution in [0.3, 0.4) is 0 Å². The maximum absolute atomic E-state index is 13.0. The van der Waals surface area contributed by atoms with Gasteiger partial charge in [-0.2, -0.15) is 0 Å². The number of likely N-dealkylation sites (tertiary alicyclic amines) is 1. The Hall–Kier alpha value is -2.24. The first-order valence-corrected chi connectivity index (χ1v) is 10.7. The number of carbonyl (C=O) groups excluding carboxylic acids is 2. The second-order valence-electron chi connectivity index (χ2n) is 9.22. The summed E-state index contributed by atoms with van der Waals surface area (Å²) in [5.41, 5.74) is 0.654. The van der Waals surface area contributed by atoms with E-state index in [1.165, 1.54) is 0 Å². The molecule has 0 bridgehead atoms. The van der Waals surface area contributed by atoms with Gasteiger partial charge in [-0.3, -0.25) is 4.79 Å². The molecule has 0 radical (unpaired) electrons. The number of piperidine rings is 1. The molecular weight excluding hydrogens is 368 g/mol. The van der Waals surface area contributed by atoms with Gasteiger partial charge in [-0.15, -0.1) is 0 Å². The predicted octanol–water partition coefficient (Wildman–Crippen LogP) is 4.22. The molecule has 160 valence electrons. The highest BCUT2D eigenvalue weighted by Crippen LogP contribution is 2.31. The Morgan fingerprint density at radius 1 is 1.07 bits per heavy atom. The van der Waals surface area contributed by atoms with Crippen molar-refractivity contribution in [3.63, 3.8) is 0 Å². The Morgan fingerprint density at radius 3 is 2.21 bits per heavy atom. The number of benzene rings is 1. The molecule has 1 aromatic rings. The Morgan fingerprint density at radius 2 is 1.69 bits per heavy atom. The Balaban J connectivity index is 1.50. The molecule has 3 rings (SSSR count). The molecule has 1 heterocycles. The fourth-order valence-corrected chi connectivity index (χ4v) is 3.75. The molecule has 1 aliphatic heterocycles. The van der Waals surface area contributed by atoms with Gasteiger partial charge in [0, 0.05) is 32.1 Å². The molecule has 2 aliphatic rings. The zero-order valence-corrected chi connectivity index (χ0v) is 18.1. The van der Waals surface area contributed by atoms with Crippen LogP contribution in [-0.4, -0.2) is 53.6 Å². The maximum Gasteiger partial charge on any atom is 0.410 e. The van der Waals surface area contributed by atoms with Crippen molar-refractivity contribution in [1.29, 1.82) is 0 Å². The van der Waals surface area contributed by atoms with Crippen LogP contribution in [0, 0.1) is 5.92 Å². The number of nitrogens with zero attached hydrogens (tertiary/aromatic N) is 2. The molecule has 2 amide bonds. The first-order chi connectivity index (χ1) is 13.7. The van der Waals surface area contributed by atoms with Crippen molar-refractivity contribution in [2.45, 2.75) is 71.1 Å². The lowest BCUT2D eigenvalue weighted by Crippen LogP contribution is -2.42. The molecule has 29 heavy (non-hydrogen) atoms. The molecule has 1 aromatic carbocycles. The van der Waals surface area contributed by atoms with E-state index in [4.69, 9.17) is 9.47 Å². The summed E-state index contributed by atoms with van der Waals surface area (Å²) in [5, 5.41) is 0. The molecule has 6 nitrogen and oxygen atoms in total. The van der Waals surface area contributed by atoms with Crippen molar-refractivity contribution >= 4 is 12.0 Å². The molecule has 6 heteroatoms. The van der Waals surface area contributed by atoms with Crippen molar-refractivity contribution in [1.82, 2.24) is 9.80 Å². The van der Waals surface area contributed by atoms with Gasteiger partial charge in [-0.05, 0) is 70.1 Å². The van der Waals surface area contributed by atoms with Crippen molar-refractivity contribution in [3.8, 4) is 5.75 Å². The van der Waals surface area contributed by atoms with E-state index in [0.29, 0.717) is 38.0 Å². The summed E-state index contributed by atoms with van der Waals surface area (Å²) in [6.07, 6.45) is 4.21. The van der Waals surface area contributed by atoms with Crippen LogP contribution < -0.4 is 4.74 Å². The SMILES string of the molecule is COc1ccc(CN(C(=O)CC2CCN(C(=O)OC(C)(C)C)CC2)C2CC2)cc1. The van der Waals surface area contributed by atoms with E-state index in [-0.39, 0.29) is 12.0 Å². The van der Waals surface area contributed by atoms with E-state index >= 15 is 0 Å². The lowest BCUT2D eigenvalue weighted by Gasteiger charge is -2.34. The van der Waals surface area contributed by atoms with Crippen molar-refractivity contribution in [3.05, 3.63) is 29.8 Å². The summed E-state index contributed by atoms with van der Waals surface area (Å²) in [7, 11) is 1.66. The third-order valence-corrected chi connectivity index (χ3v) is 5.55. The minimum absolute atomic E-state index is 0.235. The molecular formula is C23H34N2O4. The smallest absolute Gasteiger partial charge is 0.410 e. The van der Waals surface area contributed by atoms with Gasteiger partial charge < -0.3 is 19.3 Å². The van der Waals surface area contributed by atoms with Gasteiger partial charge in [0.25, 0.3) is 0 Å². The summed E-state index contributed by atoms with van der Waals surface area (Å²) in [4.78, 5) is 29.0. The number of ether oxygens (including phenoxy) is 2. The average molecular weight is 403 g/mol. The second-order valence-corrected chi connectivity index (χ2v) is 9.22. The first-order valence-electron chi connectivity index (χ1n) is 10.7. The lowest BCUT2D eigenvalue weighted by atomic mass is 9.93. The van der Waals surface area contributed by atoms with Gasteiger partial charge >= 0.3 is 6.09 Å². The van der Waals surface area contributed by atoms with Gasteiger partial charge in [0.15, 0.2) is 0 Å². The number of amides is 2. The summed E-state index contributed by atoms with van der Waals surface area (Å²) < 4.78 is 10.7. The number of carbonyl (C=O) groups is 2. The summed E-state index contributed by atoms with van der Waals surface area (Å²) in [6, 6.07) is 8.32. The molecule has 0 aromatic heterocycles. The van der Waals surface area contributed by atoms with Crippen molar-refractivity contribution < 1.29 is 19.1 Å². The molecule has 0 spiro atoms. The molecule has 0 N–H and O–H groups in total. The van der Waals surface area contributed by atoms with Crippen molar-refractivity contribution in [2.24, 2.45) is 5.92 Å². The highest BCUT2D eigenvalue weighted by Gasteiger charge is 2.34. The monoisotopic (exact) mass is 402 g/mol. The molecule has 1 saturated heterocycles. The topological polar surface area (TPSA) is 59.1 Å². The van der Waals surface area contributed by atoms with Crippen molar-refractivity contribution in [2.75, 3.05) is 20.2 Å². The van der Waals surface area contributed by atoms with Crippen LogP contribution >= 0.6 is 0 Å². The largest absolute Gasteiger partial charge is 0.497 e. The van der Waals surface area contributed by atoms with E-state index in [2.05, 4.69) is 0 Å². The van der Waals surface area contributed by atoms with Gasteiger partial charge in [0.05, 0.1) is 7.11 Å². The van der Waals surface area contributed by atoms with E-state index in [1.807, 2.05) is 49.9 Å². The lowest BCUT2D eigenvalue weighted by molar-refractivity contribution is -0.133. The summed E-state index contributed by atoms with van der Waals surface area (Å²) >= 11 is 0. The van der Waals surface area contributed by atoms with Gasteiger partial charge in [-0.1, -0.05) is 12.1 Å².